The number of hydrogen-bond acceptors (Lipinski definition) is 2. The first kappa shape index (κ1) is 14.6. The number of rotatable bonds is 5. The van der Waals surface area contributed by atoms with Gasteiger partial charge in [-0.3, -0.25) is 0 Å². The van der Waals surface area contributed by atoms with Crippen molar-refractivity contribution in [3.05, 3.63) is 64.1 Å². The van der Waals surface area contributed by atoms with Crippen molar-refractivity contribution in [3.63, 3.8) is 0 Å². The molecule has 0 spiro atoms. The molecule has 2 aromatic rings. The monoisotopic (exact) mass is 346 g/mol. The van der Waals surface area contributed by atoms with Crippen molar-refractivity contribution >= 4 is 15.9 Å². The van der Waals surface area contributed by atoms with Crippen LogP contribution in [0.2, 0.25) is 0 Å². The van der Waals surface area contributed by atoms with E-state index in [0.29, 0.717) is 0 Å². The molecule has 2 aromatic carbocycles. The number of aliphatic hydroxyl groups is 1. The lowest BCUT2D eigenvalue weighted by atomic mass is 9.93. The molecular weight excluding hydrogens is 328 g/mol. The molecule has 0 radical (unpaired) electrons. The number of para-hydroxylation sites is 1. The number of ether oxygens (including phenoxy) is 1. The van der Waals surface area contributed by atoms with Gasteiger partial charge in [-0.2, -0.15) is 0 Å². The second-order valence-electron chi connectivity index (χ2n) is 5.67. The van der Waals surface area contributed by atoms with E-state index in [-0.39, 0.29) is 18.6 Å². The molecule has 1 heterocycles. The van der Waals surface area contributed by atoms with Gasteiger partial charge in [0.1, 0.15) is 11.9 Å². The lowest BCUT2D eigenvalue weighted by Gasteiger charge is -2.19. The fraction of sp³-hybridized carbons (Fsp3) is 0.333. The maximum Gasteiger partial charge on any atom is 0.123 e. The first-order chi connectivity index (χ1) is 10.2. The molecule has 0 fully saturated rings. The number of aliphatic hydroxyl groups excluding tert-OH is 1. The Morgan fingerprint density at radius 2 is 2.05 bits per heavy atom. The molecular formula is C18H19BrO2. The van der Waals surface area contributed by atoms with Crippen LogP contribution >= 0.6 is 15.9 Å². The van der Waals surface area contributed by atoms with Crippen LogP contribution in [-0.2, 0) is 12.8 Å². The molecule has 0 aromatic heterocycles. The highest BCUT2D eigenvalue weighted by atomic mass is 79.9. The Morgan fingerprint density at radius 1 is 1.19 bits per heavy atom. The highest BCUT2D eigenvalue weighted by Crippen LogP contribution is 2.31. The molecule has 0 saturated heterocycles. The molecule has 2 nitrogen and oxygen atoms in total. The van der Waals surface area contributed by atoms with Gasteiger partial charge in [0.2, 0.25) is 0 Å². The van der Waals surface area contributed by atoms with Gasteiger partial charge in [-0.05, 0) is 48.1 Å². The molecule has 1 N–H and O–H groups in total. The predicted molar refractivity (Wildman–Crippen MR) is 87.6 cm³/mol. The third kappa shape index (κ3) is 3.66. The van der Waals surface area contributed by atoms with Gasteiger partial charge in [0.05, 0.1) is 0 Å². The molecule has 21 heavy (non-hydrogen) atoms. The standard InChI is InChI=1S/C18H19BrO2/c19-16-6-3-4-13(9-16)8-14(12-20)10-17-11-15-5-1-2-7-18(15)21-17/h1-7,9,14,17,20H,8,10-12H2. The molecule has 0 saturated carbocycles. The van der Waals surface area contributed by atoms with Gasteiger partial charge in [0, 0.05) is 17.5 Å². The summed E-state index contributed by atoms with van der Waals surface area (Å²) in [6.45, 7) is 0.197. The van der Waals surface area contributed by atoms with Gasteiger partial charge in [-0.15, -0.1) is 0 Å². The first-order valence-electron chi connectivity index (χ1n) is 7.34. The van der Waals surface area contributed by atoms with Gasteiger partial charge in [-0.25, -0.2) is 0 Å². The second-order valence-corrected chi connectivity index (χ2v) is 6.59. The highest BCUT2D eigenvalue weighted by Gasteiger charge is 2.25. The Balaban J connectivity index is 1.61. The van der Waals surface area contributed by atoms with Gasteiger partial charge >= 0.3 is 0 Å². The summed E-state index contributed by atoms with van der Waals surface area (Å²) in [5.41, 5.74) is 2.53. The van der Waals surface area contributed by atoms with Crippen molar-refractivity contribution in [2.45, 2.75) is 25.4 Å². The lowest BCUT2D eigenvalue weighted by molar-refractivity contribution is 0.149. The molecule has 0 amide bonds. The summed E-state index contributed by atoms with van der Waals surface area (Å²) in [5.74, 6) is 1.24. The van der Waals surface area contributed by atoms with Crippen LogP contribution in [0.3, 0.4) is 0 Å². The Bertz CT molecular complexity index is 587. The van der Waals surface area contributed by atoms with E-state index < -0.39 is 0 Å². The summed E-state index contributed by atoms with van der Waals surface area (Å²) in [7, 11) is 0. The normalized spacial score (nSPS) is 18.1. The number of fused-ring (bicyclic) bond motifs is 1. The van der Waals surface area contributed by atoms with Crippen molar-refractivity contribution in [1.29, 1.82) is 0 Å². The summed E-state index contributed by atoms with van der Waals surface area (Å²) in [6, 6.07) is 16.5. The van der Waals surface area contributed by atoms with E-state index in [1.54, 1.807) is 0 Å². The zero-order valence-electron chi connectivity index (χ0n) is 11.8. The van der Waals surface area contributed by atoms with Gasteiger partial charge < -0.3 is 9.84 Å². The molecule has 0 bridgehead atoms. The van der Waals surface area contributed by atoms with Gasteiger partial charge in [-0.1, -0.05) is 46.3 Å². The molecule has 1 aliphatic rings. The largest absolute Gasteiger partial charge is 0.490 e. The third-order valence-electron chi connectivity index (χ3n) is 3.98. The van der Waals surface area contributed by atoms with E-state index in [9.17, 15) is 5.11 Å². The molecule has 110 valence electrons. The van der Waals surface area contributed by atoms with E-state index in [1.165, 1.54) is 11.1 Å². The average molecular weight is 347 g/mol. The van der Waals surface area contributed by atoms with Crippen LogP contribution in [0.1, 0.15) is 17.5 Å². The van der Waals surface area contributed by atoms with Crippen molar-refractivity contribution in [2.24, 2.45) is 5.92 Å². The second kappa shape index (κ2) is 6.63. The Morgan fingerprint density at radius 3 is 2.81 bits per heavy atom. The quantitative estimate of drug-likeness (QED) is 0.886. The predicted octanol–water partition coefficient (Wildman–Crippen LogP) is 3.99. The van der Waals surface area contributed by atoms with Crippen LogP contribution in [0.25, 0.3) is 0 Å². The molecule has 0 aliphatic carbocycles. The highest BCUT2D eigenvalue weighted by molar-refractivity contribution is 9.10. The van der Waals surface area contributed by atoms with Crippen molar-refractivity contribution in [3.8, 4) is 5.75 Å². The first-order valence-corrected chi connectivity index (χ1v) is 8.14. The van der Waals surface area contributed by atoms with E-state index in [0.717, 1.165) is 29.5 Å². The summed E-state index contributed by atoms with van der Waals surface area (Å²) in [5, 5.41) is 9.67. The molecule has 1 aliphatic heterocycles. The molecule has 2 unspecified atom stereocenters. The SMILES string of the molecule is OCC(Cc1cccc(Br)c1)CC1Cc2ccccc2O1. The minimum atomic E-state index is 0.187. The number of benzene rings is 2. The van der Waals surface area contributed by atoms with Crippen LogP contribution in [0.4, 0.5) is 0 Å². The fourth-order valence-corrected chi connectivity index (χ4v) is 3.42. The van der Waals surface area contributed by atoms with Crippen LogP contribution in [0.5, 0.6) is 5.75 Å². The summed E-state index contributed by atoms with van der Waals surface area (Å²) < 4.78 is 7.06. The minimum Gasteiger partial charge on any atom is -0.490 e. The van der Waals surface area contributed by atoms with Gasteiger partial charge in [0.25, 0.3) is 0 Å². The van der Waals surface area contributed by atoms with Crippen molar-refractivity contribution in [2.75, 3.05) is 6.61 Å². The van der Waals surface area contributed by atoms with Crippen molar-refractivity contribution < 1.29 is 9.84 Å². The van der Waals surface area contributed by atoms with Gasteiger partial charge in [0.15, 0.2) is 0 Å². The maximum absolute atomic E-state index is 9.67. The Kier molecular flexibility index (Phi) is 4.61. The van der Waals surface area contributed by atoms with E-state index in [1.807, 2.05) is 24.3 Å². The van der Waals surface area contributed by atoms with Crippen LogP contribution < -0.4 is 4.74 Å². The Labute approximate surface area is 133 Å². The number of halogens is 1. The topological polar surface area (TPSA) is 29.5 Å². The van der Waals surface area contributed by atoms with Crippen LogP contribution in [0.15, 0.2) is 53.0 Å². The van der Waals surface area contributed by atoms with Crippen LogP contribution in [0, 0.1) is 5.92 Å². The van der Waals surface area contributed by atoms with E-state index in [2.05, 4.69) is 40.2 Å². The van der Waals surface area contributed by atoms with Crippen molar-refractivity contribution in [1.82, 2.24) is 0 Å². The summed E-state index contributed by atoms with van der Waals surface area (Å²) in [4.78, 5) is 0. The number of hydrogen-bond donors (Lipinski definition) is 1. The maximum atomic E-state index is 9.67. The average Bonchev–Trinajstić information content (AvgIpc) is 2.89. The van der Waals surface area contributed by atoms with Crippen LogP contribution in [-0.4, -0.2) is 17.8 Å². The zero-order chi connectivity index (χ0) is 14.7. The molecule has 2 atom stereocenters. The smallest absolute Gasteiger partial charge is 0.123 e. The minimum absolute atomic E-state index is 0.187. The molecule has 3 heteroatoms. The van der Waals surface area contributed by atoms with E-state index >= 15 is 0 Å². The fourth-order valence-electron chi connectivity index (χ4n) is 2.98. The van der Waals surface area contributed by atoms with E-state index in [4.69, 9.17) is 4.74 Å². The Hall–Kier alpha value is -1.32. The molecule has 3 rings (SSSR count). The third-order valence-corrected chi connectivity index (χ3v) is 4.47. The summed E-state index contributed by atoms with van der Waals surface area (Å²) >= 11 is 3.49. The summed E-state index contributed by atoms with van der Waals surface area (Å²) in [6.07, 6.45) is 2.90. The lowest BCUT2D eigenvalue weighted by Crippen LogP contribution is -2.22. The zero-order valence-corrected chi connectivity index (χ0v) is 13.4.